The largest absolute Gasteiger partial charge is 0.492 e. The molecule has 1 atom stereocenters. The number of ether oxygens (including phenoxy) is 1. The Bertz CT molecular complexity index is 359. The monoisotopic (exact) mass is 290 g/mol. The highest BCUT2D eigenvalue weighted by Crippen LogP contribution is 2.31. The molecule has 0 aromatic heterocycles. The van der Waals surface area contributed by atoms with Crippen LogP contribution in [0.5, 0.6) is 5.75 Å². The molecule has 0 fully saturated rings. The van der Waals surface area contributed by atoms with Crippen molar-refractivity contribution in [2.45, 2.75) is 39.7 Å². The van der Waals surface area contributed by atoms with E-state index < -0.39 is 0 Å². The second-order valence-electron chi connectivity index (χ2n) is 4.65. The van der Waals surface area contributed by atoms with E-state index in [-0.39, 0.29) is 0 Å². The Labute approximate surface area is 120 Å². The molecule has 0 aliphatic carbocycles. The summed E-state index contributed by atoms with van der Waals surface area (Å²) in [4.78, 5) is 0. The van der Waals surface area contributed by atoms with Gasteiger partial charge < -0.3 is 10.1 Å². The van der Waals surface area contributed by atoms with E-state index in [4.69, 9.17) is 27.9 Å². The predicted octanol–water partition coefficient (Wildman–Crippen LogP) is 3.43. The number of rotatable bonds is 7. The summed E-state index contributed by atoms with van der Waals surface area (Å²) in [5.74, 6) is 0.754. The predicted molar refractivity (Wildman–Crippen MR) is 77.9 cm³/mol. The van der Waals surface area contributed by atoms with E-state index in [1.165, 1.54) is 6.42 Å². The molecule has 102 valence electrons. The first-order chi connectivity index (χ1) is 8.54. The standard InChI is InChI=1S/C14H21Cl2NO/c1-4-11(3)17-6-5-7-18-14-10(2)8-12(15)9-13(14)16/h8-9,11,17H,4-7H2,1-3H3/p+1/t11-/m1/s1. The lowest BCUT2D eigenvalue weighted by molar-refractivity contribution is -0.686. The highest BCUT2D eigenvalue weighted by molar-refractivity contribution is 6.35. The minimum Gasteiger partial charge on any atom is -0.492 e. The van der Waals surface area contributed by atoms with Crippen LogP contribution in [-0.4, -0.2) is 19.2 Å². The molecule has 0 saturated carbocycles. The number of halogens is 2. The fourth-order valence-electron chi connectivity index (χ4n) is 1.70. The van der Waals surface area contributed by atoms with E-state index in [1.54, 1.807) is 6.07 Å². The van der Waals surface area contributed by atoms with Crippen molar-refractivity contribution >= 4 is 23.2 Å². The van der Waals surface area contributed by atoms with Gasteiger partial charge in [0.1, 0.15) is 5.75 Å². The smallest absolute Gasteiger partial charge is 0.140 e. The van der Waals surface area contributed by atoms with Gasteiger partial charge in [-0.25, -0.2) is 0 Å². The molecule has 0 aliphatic rings. The van der Waals surface area contributed by atoms with E-state index >= 15 is 0 Å². The van der Waals surface area contributed by atoms with Gasteiger partial charge in [-0.3, -0.25) is 0 Å². The molecule has 18 heavy (non-hydrogen) atoms. The van der Waals surface area contributed by atoms with Crippen molar-refractivity contribution in [1.82, 2.24) is 0 Å². The van der Waals surface area contributed by atoms with Gasteiger partial charge >= 0.3 is 0 Å². The third-order valence-electron chi connectivity index (χ3n) is 3.00. The van der Waals surface area contributed by atoms with Gasteiger partial charge in [0, 0.05) is 11.4 Å². The Morgan fingerprint density at radius 2 is 2.06 bits per heavy atom. The molecule has 2 N–H and O–H groups in total. The third-order valence-corrected chi connectivity index (χ3v) is 3.50. The number of quaternary nitrogens is 1. The molecule has 1 rings (SSSR count). The number of hydrogen-bond acceptors (Lipinski definition) is 1. The molecule has 1 aromatic rings. The summed E-state index contributed by atoms with van der Waals surface area (Å²) in [5.41, 5.74) is 0.985. The summed E-state index contributed by atoms with van der Waals surface area (Å²) in [5, 5.41) is 3.58. The number of nitrogens with two attached hydrogens (primary N) is 1. The van der Waals surface area contributed by atoms with Crippen LogP contribution < -0.4 is 10.1 Å². The van der Waals surface area contributed by atoms with Gasteiger partial charge in [0.25, 0.3) is 0 Å². The maximum absolute atomic E-state index is 6.10. The Kier molecular flexibility index (Phi) is 6.83. The van der Waals surface area contributed by atoms with Gasteiger partial charge in [0.05, 0.1) is 24.2 Å². The Hall–Kier alpha value is -0.440. The molecule has 0 spiro atoms. The number of aryl methyl sites for hydroxylation is 1. The third kappa shape index (κ3) is 5.05. The van der Waals surface area contributed by atoms with Crippen LogP contribution in [0.2, 0.25) is 10.0 Å². The molecule has 1 aromatic carbocycles. The van der Waals surface area contributed by atoms with E-state index in [0.717, 1.165) is 24.3 Å². The molecule has 0 radical (unpaired) electrons. The first-order valence-corrected chi connectivity index (χ1v) is 7.22. The topological polar surface area (TPSA) is 25.8 Å². The van der Waals surface area contributed by atoms with Crippen molar-refractivity contribution < 1.29 is 10.1 Å². The van der Waals surface area contributed by atoms with Crippen LogP contribution in [0.25, 0.3) is 0 Å². The lowest BCUT2D eigenvalue weighted by atomic mass is 10.2. The highest BCUT2D eigenvalue weighted by atomic mass is 35.5. The summed E-state index contributed by atoms with van der Waals surface area (Å²) in [6.07, 6.45) is 2.21. The normalized spacial score (nSPS) is 12.5. The van der Waals surface area contributed by atoms with Gasteiger partial charge in [-0.2, -0.15) is 0 Å². The van der Waals surface area contributed by atoms with Crippen molar-refractivity contribution in [3.8, 4) is 5.75 Å². The van der Waals surface area contributed by atoms with Crippen LogP contribution in [0, 0.1) is 6.92 Å². The van der Waals surface area contributed by atoms with Gasteiger partial charge in [0.2, 0.25) is 0 Å². The Morgan fingerprint density at radius 1 is 1.33 bits per heavy atom. The molecule has 2 nitrogen and oxygen atoms in total. The average molecular weight is 291 g/mol. The quantitative estimate of drug-likeness (QED) is 0.765. The maximum Gasteiger partial charge on any atom is 0.140 e. The molecular formula is C14H22Cl2NO+. The molecular weight excluding hydrogens is 269 g/mol. The van der Waals surface area contributed by atoms with E-state index in [2.05, 4.69) is 19.2 Å². The first-order valence-electron chi connectivity index (χ1n) is 6.46. The van der Waals surface area contributed by atoms with E-state index in [1.807, 2.05) is 13.0 Å². The summed E-state index contributed by atoms with van der Waals surface area (Å²) in [6.45, 7) is 8.17. The number of benzene rings is 1. The van der Waals surface area contributed by atoms with Crippen LogP contribution >= 0.6 is 23.2 Å². The maximum atomic E-state index is 6.10. The zero-order valence-corrected chi connectivity index (χ0v) is 12.8. The first kappa shape index (κ1) is 15.6. The highest BCUT2D eigenvalue weighted by Gasteiger charge is 2.07. The molecule has 0 heterocycles. The minimum absolute atomic E-state index is 0.589. The van der Waals surface area contributed by atoms with Crippen LogP contribution in [0.3, 0.4) is 0 Å². The fraction of sp³-hybridized carbons (Fsp3) is 0.571. The molecule has 0 amide bonds. The molecule has 0 unspecified atom stereocenters. The van der Waals surface area contributed by atoms with Crippen LogP contribution in [0.1, 0.15) is 32.3 Å². The molecule has 0 aliphatic heterocycles. The zero-order valence-electron chi connectivity index (χ0n) is 11.3. The number of hydrogen-bond donors (Lipinski definition) is 1. The van der Waals surface area contributed by atoms with Gasteiger partial charge in [-0.1, -0.05) is 30.1 Å². The summed E-state index contributed by atoms with van der Waals surface area (Å²) < 4.78 is 5.73. The Morgan fingerprint density at radius 3 is 2.67 bits per heavy atom. The van der Waals surface area contributed by atoms with Crippen LogP contribution in [0.4, 0.5) is 0 Å². The summed E-state index contributed by atoms with van der Waals surface area (Å²) in [7, 11) is 0. The van der Waals surface area contributed by atoms with Crippen LogP contribution in [0.15, 0.2) is 12.1 Å². The molecule has 0 bridgehead atoms. The molecule has 4 heteroatoms. The lowest BCUT2D eigenvalue weighted by Gasteiger charge is -2.12. The summed E-state index contributed by atoms with van der Waals surface area (Å²) >= 11 is 12.0. The lowest BCUT2D eigenvalue weighted by Crippen LogP contribution is -2.89. The summed E-state index contributed by atoms with van der Waals surface area (Å²) in [6, 6.07) is 4.27. The fourth-order valence-corrected chi connectivity index (χ4v) is 2.35. The minimum atomic E-state index is 0.589. The Balaban J connectivity index is 2.36. The van der Waals surface area contributed by atoms with Crippen molar-refractivity contribution in [2.24, 2.45) is 0 Å². The van der Waals surface area contributed by atoms with Crippen molar-refractivity contribution in [3.05, 3.63) is 27.7 Å². The van der Waals surface area contributed by atoms with Gasteiger partial charge in [-0.05, 0) is 38.0 Å². The zero-order chi connectivity index (χ0) is 13.5. The van der Waals surface area contributed by atoms with Crippen molar-refractivity contribution in [2.75, 3.05) is 13.2 Å². The van der Waals surface area contributed by atoms with Gasteiger partial charge in [-0.15, -0.1) is 0 Å². The average Bonchev–Trinajstić information content (AvgIpc) is 2.31. The molecule has 0 saturated heterocycles. The van der Waals surface area contributed by atoms with Crippen LogP contribution in [-0.2, 0) is 0 Å². The van der Waals surface area contributed by atoms with Gasteiger partial charge in [0.15, 0.2) is 0 Å². The van der Waals surface area contributed by atoms with E-state index in [9.17, 15) is 0 Å². The van der Waals surface area contributed by atoms with E-state index in [0.29, 0.717) is 22.7 Å². The second kappa shape index (κ2) is 7.88. The van der Waals surface area contributed by atoms with Crippen molar-refractivity contribution in [1.29, 1.82) is 0 Å². The second-order valence-corrected chi connectivity index (χ2v) is 5.49. The SMILES string of the molecule is CC[C@@H](C)[NH2+]CCCOc1c(C)cc(Cl)cc1Cl. The van der Waals surface area contributed by atoms with Crippen molar-refractivity contribution in [3.63, 3.8) is 0 Å².